The Hall–Kier alpha value is -0.710. The maximum atomic E-state index is 5.50. The van der Waals surface area contributed by atoms with Gasteiger partial charge in [-0.15, -0.1) is 0 Å². The highest BCUT2D eigenvalue weighted by Gasteiger charge is 2.21. The second kappa shape index (κ2) is 8.55. The Kier molecular flexibility index (Phi) is 6.70. The Balaban J connectivity index is 1.92. The first-order valence-electron chi connectivity index (χ1n) is 7.49. The number of benzene rings is 1. The van der Waals surface area contributed by atoms with Gasteiger partial charge in [0.15, 0.2) is 0 Å². The lowest BCUT2D eigenvalue weighted by Gasteiger charge is -2.28. The summed E-state index contributed by atoms with van der Waals surface area (Å²) < 4.78 is 10.7. The SMILES string of the molecule is CCCNC(CSC1COC1)c1ccc(OCC)cc1. The van der Waals surface area contributed by atoms with Crippen LogP contribution in [0.3, 0.4) is 0 Å². The van der Waals surface area contributed by atoms with Gasteiger partial charge >= 0.3 is 0 Å². The van der Waals surface area contributed by atoms with Crippen LogP contribution in [0, 0.1) is 0 Å². The fourth-order valence-corrected chi connectivity index (χ4v) is 3.26. The fraction of sp³-hybridized carbons (Fsp3) is 0.625. The van der Waals surface area contributed by atoms with Gasteiger partial charge in [0, 0.05) is 11.8 Å². The van der Waals surface area contributed by atoms with E-state index in [1.807, 2.05) is 18.7 Å². The largest absolute Gasteiger partial charge is 0.494 e. The predicted octanol–water partition coefficient (Wildman–Crippen LogP) is 3.26. The minimum Gasteiger partial charge on any atom is -0.494 e. The first-order valence-corrected chi connectivity index (χ1v) is 8.53. The van der Waals surface area contributed by atoms with Gasteiger partial charge in [0.1, 0.15) is 5.75 Å². The van der Waals surface area contributed by atoms with E-state index in [1.165, 1.54) is 5.56 Å². The van der Waals surface area contributed by atoms with Gasteiger partial charge in [-0.1, -0.05) is 19.1 Å². The number of thioether (sulfide) groups is 1. The van der Waals surface area contributed by atoms with E-state index < -0.39 is 0 Å². The van der Waals surface area contributed by atoms with Crippen LogP contribution in [0.5, 0.6) is 5.75 Å². The molecule has 20 heavy (non-hydrogen) atoms. The topological polar surface area (TPSA) is 30.5 Å². The molecule has 1 atom stereocenters. The molecule has 0 amide bonds. The lowest BCUT2D eigenvalue weighted by Crippen LogP contribution is -2.32. The van der Waals surface area contributed by atoms with Crippen molar-refractivity contribution in [3.05, 3.63) is 29.8 Å². The van der Waals surface area contributed by atoms with E-state index >= 15 is 0 Å². The van der Waals surface area contributed by atoms with Crippen molar-refractivity contribution >= 4 is 11.8 Å². The summed E-state index contributed by atoms with van der Waals surface area (Å²) in [5.74, 6) is 2.05. The summed E-state index contributed by atoms with van der Waals surface area (Å²) in [5, 5.41) is 4.32. The van der Waals surface area contributed by atoms with Crippen molar-refractivity contribution in [3.63, 3.8) is 0 Å². The highest BCUT2D eigenvalue weighted by atomic mass is 32.2. The van der Waals surface area contributed by atoms with Crippen molar-refractivity contribution in [1.29, 1.82) is 0 Å². The van der Waals surface area contributed by atoms with Crippen LogP contribution >= 0.6 is 11.8 Å². The third kappa shape index (κ3) is 4.69. The highest BCUT2D eigenvalue weighted by molar-refractivity contribution is 8.00. The summed E-state index contributed by atoms with van der Waals surface area (Å²) in [7, 11) is 0. The van der Waals surface area contributed by atoms with Gasteiger partial charge < -0.3 is 14.8 Å². The Labute approximate surface area is 126 Å². The third-order valence-electron chi connectivity index (χ3n) is 3.34. The molecule has 1 fully saturated rings. The summed E-state index contributed by atoms with van der Waals surface area (Å²) in [6.07, 6.45) is 1.16. The van der Waals surface area contributed by atoms with Crippen LogP contribution in [0.4, 0.5) is 0 Å². The zero-order valence-corrected chi connectivity index (χ0v) is 13.2. The molecule has 1 aliphatic heterocycles. The summed E-state index contributed by atoms with van der Waals surface area (Å²) >= 11 is 2.01. The molecule has 1 aromatic carbocycles. The van der Waals surface area contributed by atoms with E-state index in [9.17, 15) is 0 Å². The smallest absolute Gasteiger partial charge is 0.119 e. The molecule has 0 bridgehead atoms. The normalized spacial score (nSPS) is 16.7. The molecule has 3 nitrogen and oxygen atoms in total. The summed E-state index contributed by atoms with van der Waals surface area (Å²) in [5.41, 5.74) is 1.34. The first-order chi connectivity index (χ1) is 9.83. The number of hydrogen-bond acceptors (Lipinski definition) is 4. The number of ether oxygens (including phenoxy) is 2. The van der Waals surface area contributed by atoms with E-state index in [1.54, 1.807) is 0 Å². The number of hydrogen-bond donors (Lipinski definition) is 1. The summed E-state index contributed by atoms with van der Waals surface area (Å²) in [4.78, 5) is 0. The number of rotatable bonds is 9. The van der Waals surface area contributed by atoms with Crippen molar-refractivity contribution in [1.82, 2.24) is 5.32 Å². The van der Waals surface area contributed by atoms with Gasteiger partial charge in [-0.2, -0.15) is 11.8 Å². The molecule has 0 spiro atoms. The average Bonchev–Trinajstić information content (AvgIpc) is 2.42. The van der Waals surface area contributed by atoms with Crippen LogP contribution < -0.4 is 10.1 Å². The fourth-order valence-electron chi connectivity index (χ4n) is 2.10. The highest BCUT2D eigenvalue weighted by Crippen LogP contribution is 2.26. The molecule has 0 saturated carbocycles. The molecule has 0 aliphatic carbocycles. The first kappa shape index (κ1) is 15.7. The van der Waals surface area contributed by atoms with Crippen LogP contribution in [0.1, 0.15) is 31.9 Å². The monoisotopic (exact) mass is 295 g/mol. The van der Waals surface area contributed by atoms with Crippen molar-refractivity contribution in [2.75, 3.05) is 32.1 Å². The van der Waals surface area contributed by atoms with E-state index in [0.29, 0.717) is 17.9 Å². The molecule has 112 valence electrons. The summed E-state index contributed by atoms with van der Waals surface area (Å²) in [6.45, 7) is 7.81. The van der Waals surface area contributed by atoms with E-state index in [-0.39, 0.29) is 0 Å². The van der Waals surface area contributed by atoms with Crippen molar-refractivity contribution in [3.8, 4) is 5.75 Å². The standard InChI is InChI=1S/C16H25NO2S/c1-3-9-17-16(12-20-15-10-18-11-15)13-5-7-14(8-6-13)19-4-2/h5-8,15-17H,3-4,9-12H2,1-2H3. The second-order valence-corrected chi connectivity index (χ2v) is 6.33. The van der Waals surface area contributed by atoms with E-state index in [4.69, 9.17) is 9.47 Å². The third-order valence-corrected chi connectivity index (χ3v) is 4.61. The molecule has 1 N–H and O–H groups in total. The maximum absolute atomic E-state index is 5.50. The van der Waals surface area contributed by atoms with Gasteiger partial charge in [-0.25, -0.2) is 0 Å². The zero-order valence-electron chi connectivity index (χ0n) is 12.4. The molecule has 2 rings (SSSR count). The van der Waals surface area contributed by atoms with Crippen LogP contribution in [0.2, 0.25) is 0 Å². The van der Waals surface area contributed by atoms with Gasteiger partial charge in [0.25, 0.3) is 0 Å². The van der Waals surface area contributed by atoms with Crippen LogP contribution in [0.25, 0.3) is 0 Å². The molecule has 1 heterocycles. The minimum atomic E-state index is 0.413. The van der Waals surface area contributed by atoms with Gasteiger partial charge in [-0.3, -0.25) is 0 Å². The van der Waals surface area contributed by atoms with E-state index in [2.05, 4.69) is 36.5 Å². The molecule has 1 unspecified atom stereocenters. The van der Waals surface area contributed by atoms with E-state index in [0.717, 1.165) is 37.7 Å². The molecular weight excluding hydrogens is 270 g/mol. The molecule has 1 saturated heterocycles. The number of nitrogens with one attached hydrogen (secondary N) is 1. The average molecular weight is 295 g/mol. The second-order valence-electron chi connectivity index (χ2n) is 5.00. The molecule has 0 aromatic heterocycles. The van der Waals surface area contributed by atoms with Gasteiger partial charge in [-0.05, 0) is 37.6 Å². The van der Waals surface area contributed by atoms with Gasteiger partial charge in [0.2, 0.25) is 0 Å². The van der Waals surface area contributed by atoms with Gasteiger partial charge in [0.05, 0.1) is 25.1 Å². The Bertz CT molecular complexity index is 379. The Morgan fingerprint density at radius 1 is 1.30 bits per heavy atom. The minimum absolute atomic E-state index is 0.413. The zero-order chi connectivity index (χ0) is 14.2. The quantitative estimate of drug-likeness (QED) is 0.757. The summed E-state index contributed by atoms with van der Waals surface area (Å²) in [6, 6.07) is 8.90. The Morgan fingerprint density at radius 3 is 2.60 bits per heavy atom. The Morgan fingerprint density at radius 2 is 2.05 bits per heavy atom. The van der Waals surface area contributed by atoms with Crippen molar-refractivity contribution in [2.45, 2.75) is 31.6 Å². The molecule has 0 radical (unpaired) electrons. The van der Waals surface area contributed by atoms with Crippen LogP contribution in [0.15, 0.2) is 24.3 Å². The van der Waals surface area contributed by atoms with Crippen molar-refractivity contribution < 1.29 is 9.47 Å². The maximum Gasteiger partial charge on any atom is 0.119 e. The molecule has 1 aliphatic rings. The lowest BCUT2D eigenvalue weighted by atomic mass is 10.1. The predicted molar refractivity (Wildman–Crippen MR) is 85.7 cm³/mol. The molecule has 4 heteroatoms. The van der Waals surface area contributed by atoms with Crippen molar-refractivity contribution in [2.24, 2.45) is 0 Å². The lowest BCUT2D eigenvalue weighted by molar-refractivity contribution is 0.0455. The molecular formula is C16H25NO2S. The van der Waals surface area contributed by atoms with Crippen LogP contribution in [-0.4, -0.2) is 37.4 Å². The molecule has 1 aromatic rings. The van der Waals surface area contributed by atoms with Crippen LogP contribution in [-0.2, 0) is 4.74 Å².